The van der Waals surface area contributed by atoms with Crippen molar-refractivity contribution < 1.29 is 80.2 Å². The van der Waals surface area contributed by atoms with E-state index in [0.29, 0.717) is 25.7 Å². The van der Waals surface area contributed by atoms with Crippen molar-refractivity contribution in [3.05, 3.63) is 0 Å². The maximum atomic E-state index is 12.9. The predicted molar refractivity (Wildman–Crippen MR) is 303 cm³/mol. The third kappa shape index (κ3) is 53.2. The van der Waals surface area contributed by atoms with Gasteiger partial charge in [-0.3, -0.25) is 37.3 Å². The molecule has 456 valence electrons. The molecule has 0 aliphatic heterocycles. The number of hydrogen-bond acceptors (Lipinski definition) is 15. The van der Waals surface area contributed by atoms with Gasteiger partial charge in [0.05, 0.1) is 26.4 Å². The molecular weight excluding hydrogens is 1030 g/mol. The second-order valence-corrected chi connectivity index (χ2v) is 23.9. The van der Waals surface area contributed by atoms with Crippen LogP contribution in [0.25, 0.3) is 0 Å². The number of aliphatic hydroxyl groups excluding tert-OH is 1. The first-order chi connectivity index (χ1) is 37.2. The Balaban J connectivity index is 5.14. The predicted octanol–water partition coefficient (Wildman–Crippen LogP) is 15.6. The molecule has 0 spiro atoms. The fraction of sp³-hybridized carbons (Fsp3) is 0.931. The van der Waals surface area contributed by atoms with Crippen molar-refractivity contribution in [2.24, 2.45) is 0 Å². The number of carbonyl (C=O) groups is 4. The van der Waals surface area contributed by atoms with Gasteiger partial charge in [0, 0.05) is 25.7 Å². The van der Waals surface area contributed by atoms with E-state index >= 15 is 0 Å². The van der Waals surface area contributed by atoms with Crippen molar-refractivity contribution in [3.8, 4) is 0 Å². The van der Waals surface area contributed by atoms with E-state index in [0.717, 1.165) is 109 Å². The molecule has 0 fully saturated rings. The fourth-order valence-corrected chi connectivity index (χ4v) is 10.2. The van der Waals surface area contributed by atoms with Crippen molar-refractivity contribution in [3.63, 3.8) is 0 Å². The summed E-state index contributed by atoms with van der Waals surface area (Å²) < 4.78 is 67.5. The molecule has 17 nitrogen and oxygen atoms in total. The number of rotatable bonds is 59. The zero-order valence-electron chi connectivity index (χ0n) is 48.9. The van der Waals surface area contributed by atoms with Gasteiger partial charge in [-0.2, -0.15) is 0 Å². The highest BCUT2D eigenvalue weighted by atomic mass is 31.2. The Morgan fingerprint density at radius 1 is 0.312 bits per heavy atom. The summed E-state index contributed by atoms with van der Waals surface area (Å²) in [5.41, 5.74) is 0. The van der Waals surface area contributed by atoms with Gasteiger partial charge in [-0.25, -0.2) is 9.13 Å². The lowest BCUT2D eigenvalue weighted by atomic mass is 10.0. The van der Waals surface area contributed by atoms with Crippen molar-refractivity contribution >= 4 is 39.5 Å². The largest absolute Gasteiger partial charge is 0.472 e. The molecule has 2 unspecified atom stereocenters. The van der Waals surface area contributed by atoms with Gasteiger partial charge in [-0.05, 0) is 25.7 Å². The minimum atomic E-state index is -4.93. The van der Waals surface area contributed by atoms with Crippen LogP contribution in [0, 0.1) is 0 Å². The summed E-state index contributed by atoms with van der Waals surface area (Å²) in [6.07, 6.45) is 36.5. The smallest absolute Gasteiger partial charge is 0.462 e. The van der Waals surface area contributed by atoms with Crippen molar-refractivity contribution in [1.29, 1.82) is 0 Å². The molecule has 3 N–H and O–H groups in total. The number of ether oxygens (including phenoxy) is 4. The van der Waals surface area contributed by atoms with Gasteiger partial charge in [-0.1, -0.05) is 240 Å². The first-order valence-corrected chi connectivity index (χ1v) is 33.8. The zero-order chi connectivity index (χ0) is 56.9. The average molecular weight is 1140 g/mol. The Kier molecular flexibility index (Phi) is 52.0. The number of aliphatic hydroxyl groups is 1. The quantitative estimate of drug-likeness (QED) is 0.0222. The van der Waals surface area contributed by atoms with E-state index in [1.54, 1.807) is 0 Å². The van der Waals surface area contributed by atoms with Crippen LogP contribution in [0.2, 0.25) is 0 Å². The molecule has 0 saturated heterocycles. The van der Waals surface area contributed by atoms with Gasteiger partial charge in [0.1, 0.15) is 19.3 Å². The summed E-state index contributed by atoms with van der Waals surface area (Å²) in [7, 11) is -9.86. The van der Waals surface area contributed by atoms with Gasteiger partial charge < -0.3 is 33.8 Å². The molecule has 0 aromatic rings. The van der Waals surface area contributed by atoms with Crippen LogP contribution in [-0.4, -0.2) is 96.7 Å². The van der Waals surface area contributed by atoms with Crippen LogP contribution in [0.3, 0.4) is 0 Å². The average Bonchev–Trinajstić information content (AvgIpc) is 3.40. The number of phosphoric ester groups is 2. The number of phosphoric acid groups is 2. The Hall–Kier alpha value is -1.94. The lowest BCUT2D eigenvalue weighted by Crippen LogP contribution is -2.30. The number of esters is 4. The van der Waals surface area contributed by atoms with Gasteiger partial charge in [0.25, 0.3) is 0 Å². The van der Waals surface area contributed by atoms with Gasteiger partial charge >= 0.3 is 39.5 Å². The summed E-state index contributed by atoms with van der Waals surface area (Å²) in [5.74, 6) is -2.15. The second kappa shape index (κ2) is 53.4. The zero-order valence-corrected chi connectivity index (χ0v) is 50.7. The molecule has 0 aliphatic carbocycles. The number of carbonyl (C=O) groups excluding carboxylic acids is 4. The number of hydrogen-bond donors (Lipinski definition) is 3. The Morgan fingerprint density at radius 3 is 0.766 bits per heavy atom. The van der Waals surface area contributed by atoms with Crippen LogP contribution in [-0.2, 0) is 65.4 Å². The van der Waals surface area contributed by atoms with Crippen molar-refractivity contribution in [2.45, 2.75) is 309 Å². The molecule has 0 aromatic carbocycles. The standard InChI is InChI=1S/C58H112O17P2/c1-5-9-13-17-21-23-24-25-26-27-28-30-33-37-41-45-58(63)75-54(49-69-56(61)43-39-36-32-29-22-18-14-10-6-2)51-73-77(66,67)71-47-52(59)46-70-76(64,65)72-50-53(74-57(62)44-40-34-20-16-12-8-4)48-68-55(60)42-38-35-31-19-15-11-7-3/h52-54,59H,5-51H2,1-4H3,(H,64,65)(H,66,67)/t52-,53+,54+/m0/s1. The van der Waals surface area contributed by atoms with E-state index in [1.807, 2.05) is 0 Å². The van der Waals surface area contributed by atoms with Gasteiger partial charge in [-0.15, -0.1) is 0 Å². The SMILES string of the molecule is CCCCCCCCCCCCCCCCCC(=O)O[C@H](COC(=O)CCCCCCCCCCC)COP(=O)(O)OC[C@@H](O)COP(=O)(O)OC[C@@H](COC(=O)CCCCCCCCC)OC(=O)CCCCCCCC. The van der Waals surface area contributed by atoms with Crippen LogP contribution in [0.5, 0.6) is 0 Å². The van der Waals surface area contributed by atoms with E-state index < -0.39 is 97.5 Å². The summed E-state index contributed by atoms with van der Waals surface area (Å²) in [5, 5.41) is 10.5. The van der Waals surface area contributed by atoms with Gasteiger partial charge in [0.15, 0.2) is 12.2 Å². The molecule has 0 rings (SSSR count). The van der Waals surface area contributed by atoms with Crippen LogP contribution >= 0.6 is 15.6 Å². The molecule has 19 heteroatoms. The lowest BCUT2D eigenvalue weighted by Gasteiger charge is -2.21. The molecule has 77 heavy (non-hydrogen) atoms. The van der Waals surface area contributed by atoms with E-state index in [9.17, 15) is 43.2 Å². The molecule has 0 bridgehead atoms. The Bertz CT molecular complexity index is 1500. The Morgan fingerprint density at radius 2 is 0.519 bits per heavy atom. The minimum absolute atomic E-state index is 0.102. The van der Waals surface area contributed by atoms with Crippen LogP contribution < -0.4 is 0 Å². The molecule has 0 amide bonds. The first-order valence-electron chi connectivity index (χ1n) is 30.8. The third-order valence-corrected chi connectivity index (χ3v) is 15.3. The maximum absolute atomic E-state index is 12.9. The molecule has 5 atom stereocenters. The third-order valence-electron chi connectivity index (χ3n) is 13.4. The summed E-state index contributed by atoms with van der Waals surface area (Å²) >= 11 is 0. The summed E-state index contributed by atoms with van der Waals surface area (Å²) in [4.78, 5) is 71.6. The summed E-state index contributed by atoms with van der Waals surface area (Å²) in [6, 6.07) is 0. The second-order valence-electron chi connectivity index (χ2n) is 21.0. The van der Waals surface area contributed by atoms with Crippen LogP contribution in [0.15, 0.2) is 0 Å². The normalized spacial score (nSPS) is 14.3. The molecule has 0 heterocycles. The van der Waals surface area contributed by atoms with Crippen LogP contribution in [0.1, 0.15) is 291 Å². The highest BCUT2D eigenvalue weighted by Gasteiger charge is 2.30. The molecule has 0 aliphatic rings. The van der Waals surface area contributed by atoms with Crippen molar-refractivity contribution in [1.82, 2.24) is 0 Å². The van der Waals surface area contributed by atoms with E-state index in [1.165, 1.54) is 103 Å². The highest BCUT2D eigenvalue weighted by molar-refractivity contribution is 7.47. The maximum Gasteiger partial charge on any atom is 0.472 e. The molecular formula is C58H112O17P2. The fourth-order valence-electron chi connectivity index (χ4n) is 8.57. The van der Waals surface area contributed by atoms with Crippen LogP contribution in [0.4, 0.5) is 0 Å². The van der Waals surface area contributed by atoms with Gasteiger partial charge in [0.2, 0.25) is 0 Å². The number of unbranched alkanes of at least 4 members (excludes halogenated alkanes) is 33. The van der Waals surface area contributed by atoms with E-state index in [-0.39, 0.29) is 25.7 Å². The molecule has 0 aromatic heterocycles. The topological polar surface area (TPSA) is 237 Å². The molecule has 0 radical (unpaired) electrons. The highest BCUT2D eigenvalue weighted by Crippen LogP contribution is 2.45. The van der Waals surface area contributed by atoms with Crippen molar-refractivity contribution in [2.75, 3.05) is 39.6 Å². The first kappa shape index (κ1) is 75.1. The summed E-state index contributed by atoms with van der Waals surface area (Å²) in [6.45, 7) is 4.73. The lowest BCUT2D eigenvalue weighted by molar-refractivity contribution is -0.161. The Labute approximate surface area is 467 Å². The minimum Gasteiger partial charge on any atom is -0.462 e. The monoisotopic (exact) mass is 1140 g/mol. The molecule has 0 saturated carbocycles. The van der Waals surface area contributed by atoms with E-state index in [4.69, 9.17) is 37.0 Å². The van der Waals surface area contributed by atoms with E-state index in [2.05, 4.69) is 27.7 Å².